The first kappa shape index (κ1) is 20.6. The topological polar surface area (TPSA) is 90.7 Å². The predicted octanol–water partition coefficient (Wildman–Crippen LogP) is 1.38. The van der Waals surface area contributed by atoms with Crippen LogP contribution in [0.2, 0.25) is 0 Å². The first-order valence-electron chi connectivity index (χ1n) is 11.1. The van der Waals surface area contributed by atoms with Crippen molar-refractivity contribution in [2.24, 2.45) is 5.92 Å². The van der Waals surface area contributed by atoms with Gasteiger partial charge in [-0.1, -0.05) is 6.07 Å². The van der Waals surface area contributed by atoms with Crippen molar-refractivity contribution < 1.29 is 9.18 Å². The molecule has 5 rings (SSSR count). The van der Waals surface area contributed by atoms with Gasteiger partial charge in [0.25, 0.3) is 0 Å². The van der Waals surface area contributed by atoms with Crippen molar-refractivity contribution in [2.75, 3.05) is 49.1 Å². The lowest BCUT2D eigenvalue weighted by atomic mass is 9.98. The molecule has 10 heteroatoms. The molecule has 1 atom stereocenters. The number of fused-ring (bicyclic) bond motifs is 1. The van der Waals surface area contributed by atoms with Crippen molar-refractivity contribution in [3.05, 3.63) is 48.3 Å². The molecule has 2 saturated heterocycles. The molecular weight excluding hydrogens is 411 g/mol. The van der Waals surface area contributed by atoms with Crippen LogP contribution in [-0.4, -0.2) is 64.5 Å². The van der Waals surface area contributed by atoms with E-state index in [4.69, 9.17) is 0 Å². The fourth-order valence-electron chi connectivity index (χ4n) is 4.26. The van der Waals surface area contributed by atoms with Crippen LogP contribution in [0.3, 0.4) is 0 Å². The maximum Gasteiger partial charge on any atom is 0.227 e. The zero-order chi connectivity index (χ0) is 22.1. The maximum absolute atomic E-state index is 14.5. The molecule has 0 bridgehead atoms. The average molecular weight is 439 g/mol. The monoisotopic (exact) mass is 438 g/mol. The van der Waals surface area contributed by atoms with E-state index in [1.54, 1.807) is 11.1 Å². The molecular formula is C22H27FN8O. The lowest BCUT2D eigenvalue weighted by Crippen LogP contribution is -2.54. The minimum atomic E-state index is -0.459. The number of amides is 1. The second kappa shape index (κ2) is 8.70. The number of nitrogens with one attached hydrogen (secondary N) is 2. The minimum Gasteiger partial charge on any atom is -0.352 e. The summed E-state index contributed by atoms with van der Waals surface area (Å²) < 4.78 is 16.4. The van der Waals surface area contributed by atoms with Crippen LogP contribution in [0.1, 0.15) is 25.1 Å². The van der Waals surface area contributed by atoms with Crippen molar-refractivity contribution in [2.45, 2.75) is 19.4 Å². The van der Waals surface area contributed by atoms with Gasteiger partial charge in [0.2, 0.25) is 11.9 Å². The van der Waals surface area contributed by atoms with E-state index in [9.17, 15) is 9.18 Å². The number of halogens is 1. The van der Waals surface area contributed by atoms with Crippen LogP contribution in [0.4, 0.5) is 16.2 Å². The number of pyridine rings is 1. The van der Waals surface area contributed by atoms with Gasteiger partial charge in [-0.25, -0.2) is 14.4 Å². The van der Waals surface area contributed by atoms with Crippen molar-refractivity contribution in [1.29, 1.82) is 0 Å². The highest BCUT2D eigenvalue weighted by Gasteiger charge is 2.36. The lowest BCUT2D eigenvalue weighted by molar-refractivity contribution is -0.126. The Morgan fingerprint density at radius 3 is 2.94 bits per heavy atom. The van der Waals surface area contributed by atoms with Crippen molar-refractivity contribution in [3.63, 3.8) is 0 Å². The number of carbonyl (C=O) groups excluding carboxylic acids is 1. The number of imidazole rings is 1. The molecule has 2 aliphatic heterocycles. The van der Waals surface area contributed by atoms with Crippen molar-refractivity contribution >= 4 is 23.3 Å². The summed E-state index contributed by atoms with van der Waals surface area (Å²) in [6, 6.07) is 5.60. The summed E-state index contributed by atoms with van der Waals surface area (Å²) in [7, 11) is 0. The molecule has 32 heavy (non-hydrogen) atoms. The van der Waals surface area contributed by atoms with Crippen LogP contribution in [-0.2, 0) is 4.79 Å². The molecule has 1 amide bonds. The molecule has 3 aromatic rings. The molecule has 2 aliphatic rings. The quantitative estimate of drug-likeness (QED) is 0.622. The molecule has 5 heterocycles. The summed E-state index contributed by atoms with van der Waals surface area (Å²) in [5.74, 6) is 0.0923. The van der Waals surface area contributed by atoms with E-state index >= 15 is 0 Å². The first-order valence-corrected chi connectivity index (χ1v) is 11.1. The fraction of sp³-hybridized carbons (Fsp3) is 0.455. The summed E-state index contributed by atoms with van der Waals surface area (Å²) in [6.07, 6.45) is 5.94. The second-order valence-electron chi connectivity index (χ2n) is 8.38. The maximum atomic E-state index is 14.5. The highest BCUT2D eigenvalue weighted by atomic mass is 19.1. The number of nitrogens with zero attached hydrogens (tertiary/aromatic N) is 6. The Hall–Kier alpha value is -3.27. The molecule has 9 nitrogen and oxygen atoms in total. The number of hydrogen-bond donors (Lipinski definition) is 2. The van der Waals surface area contributed by atoms with Gasteiger partial charge in [-0.3, -0.25) is 4.79 Å². The third-order valence-corrected chi connectivity index (χ3v) is 6.14. The third kappa shape index (κ3) is 3.97. The zero-order valence-electron chi connectivity index (χ0n) is 18.0. The van der Waals surface area contributed by atoms with Crippen molar-refractivity contribution in [3.8, 4) is 0 Å². The molecule has 168 valence electrons. The summed E-state index contributed by atoms with van der Waals surface area (Å²) in [4.78, 5) is 29.7. The predicted molar refractivity (Wildman–Crippen MR) is 119 cm³/mol. The van der Waals surface area contributed by atoms with Gasteiger partial charge in [0.05, 0.1) is 30.0 Å². The standard InChI is InChI=1S/C22H27FN8O/c1-15(18-12-25-19-5-2-3-9-31(18)19)27-21(32)16-13-30(14-16)20-17(23)11-26-22(28-20)29-8-4-6-24-7-10-29/h2-3,5,9,11-12,15-16,24H,4,6-8,10,13-14H2,1H3,(H,27,32). The first-order chi connectivity index (χ1) is 15.6. The van der Waals surface area contributed by atoms with E-state index in [2.05, 4.69) is 30.5 Å². The normalized spacial score (nSPS) is 18.3. The number of anilines is 2. The Labute approximate surface area is 185 Å². The number of rotatable bonds is 5. The van der Waals surface area contributed by atoms with E-state index in [-0.39, 0.29) is 23.7 Å². The Balaban J connectivity index is 1.22. The highest BCUT2D eigenvalue weighted by molar-refractivity contribution is 5.82. The summed E-state index contributed by atoms with van der Waals surface area (Å²) >= 11 is 0. The van der Waals surface area contributed by atoms with E-state index in [0.717, 1.165) is 43.9 Å². The molecule has 1 unspecified atom stereocenters. The molecule has 0 aliphatic carbocycles. The van der Waals surface area contributed by atoms with Gasteiger partial charge in [0, 0.05) is 38.9 Å². The minimum absolute atomic E-state index is 0.0482. The van der Waals surface area contributed by atoms with Crippen LogP contribution < -0.4 is 20.4 Å². The number of carbonyl (C=O) groups is 1. The fourth-order valence-corrected chi connectivity index (χ4v) is 4.26. The highest BCUT2D eigenvalue weighted by Crippen LogP contribution is 2.27. The van der Waals surface area contributed by atoms with Crippen LogP contribution in [0.25, 0.3) is 5.65 Å². The summed E-state index contributed by atoms with van der Waals surface area (Å²) in [5.41, 5.74) is 1.76. The Morgan fingerprint density at radius 1 is 1.19 bits per heavy atom. The molecule has 0 aromatic carbocycles. The largest absolute Gasteiger partial charge is 0.352 e. The van der Waals surface area contributed by atoms with Crippen molar-refractivity contribution in [1.82, 2.24) is 30.0 Å². The van der Waals surface area contributed by atoms with Gasteiger partial charge in [0.1, 0.15) is 5.65 Å². The number of aromatic nitrogens is 4. The molecule has 0 spiro atoms. The molecule has 0 saturated carbocycles. The van der Waals surface area contributed by atoms with Gasteiger partial charge < -0.3 is 24.8 Å². The van der Waals surface area contributed by atoms with E-state index < -0.39 is 5.82 Å². The zero-order valence-corrected chi connectivity index (χ0v) is 18.0. The summed E-state index contributed by atoms with van der Waals surface area (Å²) in [5, 5.41) is 6.40. The lowest BCUT2D eigenvalue weighted by Gasteiger charge is -2.39. The van der Waals surface area contributed by atoms with Crippen LogP contribution in [0.5, 0.6) is 0 Å². The van der Waals surface area contributed by atoms with Gasteiger partial charge in [-0.2, -0.15) is 4.98 Å². The SMILES string of the molecule is CC(NC(=O)C1CN(c2nc(N3CCCNCC3)ncc2F)C1)c1cnc2ccccn12. The molecule has 0 radical (unpaired) electrons. The Kier molecular flexibility index (Phi) is 5.60. The smallest absolute Gasteiger partial charge is 0.227 e. The molecule has 3 aromatic heterocycles. The average Bonchev–Trinajstić information content (AvgIpc) is 3.00. The van der Waals surface area contributed by atoms with Crippen LogP contribution >= 0.6 is 0 Å². The Morgan fingerprint density at radius 2 is 2.06 bits per heavy atom. The molecule has 2 fully saturated rings. The van der Waals surface area contributed by atoms with E-state index in [0.29, 0.717) is 19.0 Å². The molecule has 2 N–H and O–H groups in total. The second-order valence-corrected chi connectivity index (χ2v) is 8.38. The Bertz CT molecular complexity index is 1100. The van der Waals surface area contributed by atoms with Crippen LogP contribution in [0.15, 0.2) is 36.8 Å². The van der Waals surface area contributed by atoms with Gasteiger partial charge in [-0.05, 0) is 32.0 Å². The van der Waals surface area contributed by atoms with E-state index in [1.165, 1.54) is 6.20 Å². The number of hydrogen-bond acceptors (Lipinski definition) is 7. The summed E-state index contributed by atoms with van der Waals surface area (Å²) in [6.45, 7) is 6.24. The third-order valence-electron chi connectivity index (χ3n) is 6.14. The van der Waals surface area contributed by atoms with E-state index in [1.807, 2.05) is 35.7 Å². The van der Waals surface area contributed by atoms with Crippen LogP contribution in [0, 0.1) is 11.7 Å². The van der Waals surface area contributed by atoms with Gasteiger partial charge >= 0.3 is 0 Å². The van der Waals surface area contributed by atoms with Gasteiger partial charge in [0.15, 0.2) is 11.6 Å². The van der Waals surface area contributed by atoms with Gasteiger partial charge in [-0.15, -0.1) is 0 Å².